The molecule has 1 heterocycles. The summed E-state index contributed by atoms with van der Waals surface area (Å²) in [4.78, 5) is 22.7. The topological polar surface area (TPSA) is 72.2 Å². The summed E-state index contributed by atoms with van der Waals surface area (Å²) < 4.78 is 1.01. The minimum Gasteiger partial charge on any atom is -0.348 e. The van der Waals surface area contributed by atoms with Gasteiger partial charge in [0.25, 0.3) is 5.69 Å². The Bertz CT molecular complexity index is 680. The molecule has 1 amide bonds. The van der Waals surface area contributed by atoms with Crippen molar-refractivity contribution in [2.75, 3.05) is 0 Å². The van der Waals surface area contributed by atoms with Gasteiger partial charge >= 0.3 is 0 Å². The van der Waals surface area contributed by atoms with Crippen LogP contribution in [0.5, 0.6) is 0 Å². The highest BCUT2D eigenvalue weighted by Gasteiger charge is 2.04. The highest BCUT2D eigenvalue weighted by atomic mass is 79.9. The third kappa shape index (κ3) is 4.80. The Kier molecular flexibility index (Phi) is 5.24. The number of nitro groups is 1. The molecule has 21 heavy (non-hydrogen) atoms. The smallest absolute Gasteiger partial charge is 0.269 e. The monoisotopic (exact) mass is 366 g/mol. The number of rotatable bonds is 5. The molecule has 2 aromatic rings. The first kappa shape index (κ1) is 15.4. The molecule has 0 fully saturated rings. The van der Waals surface area contributed by atoms with Crippen LogP contribution < -0.4 is 5.32 Å². The lowest BCUT2D eigenvalue weighted by Crippen LogP contribution is -2.20. The van der Waals surface area contributed by atoms with Crippen LogP contribution in [-0.2, 0) is 11.3 Å². The molecule has 7 heteroatoms. The van der Waals surface area contributed by atoms with Crippen molar-refractivity contribution in [3.63, 3.8) is 0 Å². The van der Waals surface area contributed by atoms with Crippen LogP contribution in [0.25, 0.3) is 6.08 Å². The molecule has 1 aromatic carbocycles. The number of benzene rings is 1. The molecular weight excluding hydrogens is 356 g/mol. The zero-order valence-corrected chi connectivity index (χ0v) is 13.2. The second kappa shape index (κ2) is 7.14. The standard InChI is InChI=1S/C14H11BrN2O3S/c15-13-7-5-12(21-13)6-8-14(18)16-9-10-1-3-11(4-2-10)17(19)20/h1-8H,9H2,(H,16,18). The van der Waals surface area contributed by atoms with E-state index < -0.39 is 4.92 Å². The number of nitro benzene ring substituents is 1. The minimum absolute atomic E-state index is 0.0354. The van der Waals surface area contributed by atoms with Crippen LogP contribution in [0.3, 0.4) is 0 Å². The first-order chi connectivity index (χ1) is 10.0. The average Bonchev–Trinajstić information content (AvgIpc) is 2.89. The molecular formula is C14H11BrN2O3S. The second-order valence-electron chi connectivity index (χ2n) is 4.12. The summed E-state index contributed by atoms with van der Waals surface area (Å²) in [6.45, 7) is 0.329. The number of halogens is 1. The molecule has 0 aliphatic carbocycles. The predicted octanol–water partition coefficient (Wildman–Crippen LogP) is 3.75. The number of nitrogens with zero attached hydrogens (tertiary/aromatic N) is 1. The summed E-state index contributed by atoms with van der Waals surface area (Å²) in [6.07, 6.45) is 3.20. The van der Waals surface area contributed by atoms with E-state index in [2.05, 4.69) is 21.2 Å². The first-order valence-electron chi connectivity index (χ1n) is 5.99. The maximum atomic E-state index is 11.7. The third-order valence-electron chi connectivity index (χ3n) is 2.61. The molecule has 0 aliphatic heterocycles. The van der Waals surface area contributed by atoms with E-state index in [1.54, 1.807) is 18.2 Å². The van der Waals surface area contributed by atoms with Crippen molar-refractivity contribution in [1.29, 1.82) is 0 Å². The highest BCUT2D eigenvalue weighted by molar-refractivity contribution is 9.11. The number of non-ortho nitro benzene ring substituents is 1. The first-order valence-corrected chi connectivity index (χ1v) is 7.60. The molecule has 1 N–H and O–H groups in total. The number of carbonyl (C=O) groups is 1. The Morgan fingerprint density at radius 1 is 1.29 bits per heavy atom. The van der Waals surface area contributed by atoms with Gasteiger partial charge in [-0.2, -0.15) is 0 Å². The number of hydrogen-bond acceptors (Lipinski definition) is 4. The normalized spacial score (nSPS) is 10.7. The SMILES string of the molecule is O=C(C=Cc1ccc(Br)s1)NCc1ccc([N+](=O)[O-])cc1. The third-order valence-corrected chi connectivity index (χ3v) is 4.20. The quantitative estimate of drug-likeness (QED) is 0.497. The fourth-order valence-corrected chi connectivity index (χ4v) is 2.89. The molecule has 0 saturated carbocycles. The molecule has 0 bridgehead atoms. The molecule has 2 rings (SSSR count). The molecule has 0 unspecified atom stereocenters. The van der Waals surface area contributed by atoms with E-state index in [4.69, 9.17) is 0 Å². The zero-order chi connectivity index (χ0) is 15.2. The zero-order valence-electron chi connectivity index (χ0n) is 10.8. The summed E-state index contributed by atoms with van der Waals surface area (Å²) in [6, 6.07) is 9.91. The lowest BCUT2D eigenvalue weighted by molar-refractivity contribution is -0.384. The van der Waals surface area contributed by atoms with Gasteiger partial charge in [0.05, 0.1) is 8.71 Å². The van der Waals surface area contributed by atoms with E-state index in [1.165, 1.54) is 29.5 Å². The van der Waals surface area contributed by atoms with Gasteiger partial charge in [0.15, 0.2) is 0 Å². The number of nitrogens with one attached hydrogen (secondary N) is 1. The average molecular weight is 367 g/mol. The minimum atomic E-state index is -0.454. The van der Waals surface area contributed by atoms with Crippen molar-refractivity contribution >= 4 is 44.9 Å². The summed E-state index contributed by atoms with van der Waals surface area (Å²) >= 11 is 4.89. The summed E-state index contributed by atoms with van der Waals surface area (Å²) in [5.41, 5.74) is 0.842. The van der Waals surface area contributed by atoms with Gasteiger partial charge in [-0.05, 0) is 39.7 Å². The van der Waals surface area contributed by atoms with E-state index >= 15 is 0 Å². The lowest BCUT2D eigenvalue weighted by Gasteiger charge is -2.02. The van der Waals surface area contributed by atoms with Crippen molar-refractivity contribution in [1.82, 2.24) is 5.32 Å². The van der Waals surface area contributed by atoms with Crippen molar-refractivity contribution in [3.05, 3.63) is 66.8 Å². The number of hydrogen-bond donors (Lipinski definition) is 1. The number of thiophene rings is 1. The van der Waals surface area contributed by atoms with E-state index in [9.17, 15) is 14.9 Å². The highest BCUT2D eigenvalue weighted by Crippen LogP contribution is 2.22. The predicted molar refractivity (Wildman–Crippen MR) is 86.0 cm³/mol. The summed E-state index contributed by atoms with van der Waals surface area (Å²) in [5, 5.41) is 13.2. The van der Waals surface area contributed by atoms with Gasteiger partial charge in [0.1, 0.15) is 0 Å². The molecule has 0 aliphatic rings. The molecule has 0 atom stereocenters. The van der Waals surface area contributed by atoms with Crippen LogP contribution in [-0.4, -0.2) is 10.8 Å². The van der Waals surface area contributed by atoms with Crippen LogP contribution in [0.1, 0.15) is 10.4 Å². The van der Waals surface area contributed by atoms with Crippen molar-refractivity contribution in [2.45, 2.75) is 6.54 Å². The largest absolute Gasteiger partial charge is 0.348 e. The maximum Gasteiger partial charge on any atom is 0.269 e. The van der Waals surface area contributed by atoms with Gasteiger partial charge in [0, 0.05) is 29.6 Å². The van der Waals surface area contributed by atoms with E-state index in [0.29, 0.717) is 6.54 Å². The molecule has 0 spiro atoms. The fourth-order valence-electron chi connectivity index (χ4n) is 1.56. The molecule has 0 saturated heterocycles. The molecule has 1 aromatic heterocycles. The van der Waals surface area contributed by atoms with Gasteiger partial charge in [0.2, 0.25) is 5.91 Å². The van der Waals surface area contributed by atoms with Crippen molar-refractivity contribution < 1.29 is 9.72 Å². The van der Waals surface area contributed by atoms with Gasteiger partial charge in [-0.25, -0.2) is 0 Å². The van der Waals surface area contributed by atoms with E-state index in [1.807, 2.05) is 12.1 Å². The van der Waals surface area contributed by atoms with E-state index in [0.717, 1.165) is 14.2 Å². The Balaban J connectivity index is 1.86. The van der Waals surface area contributed by atoms with Crippen LogP contribution in [0.2, 0.25) is 0 Å². The Hall–Kier alpha value is -1.99. The summed E-state index contributed by atoms with van der Waals surface area (Å²) in [5.74, 6) is -0.210. The fraction of sp³-hybridized carbons (Fsp3) is 0.0714. The lowest BCUT2D eigenvalue weighted by atomic mass is 10.2. The number of amides is 1. The van der Waals surface area contributed by atoms with Gasteiger partial charge < -0.3 is 5.32 Å². The maximum absolute atomic E-state index is 11.7. The van der Waals surface area contributed by atoms with Gasteiger partial charge in [-0.3, -0.25) is 14.9 Å². The van der Waals surface area contributed by atoms with Crippen LogP contribution in [0.15, 0.2) is 46.3 Å². The van der Waals surface area contributed by atoms with E-state index in [-0.39, 0.29) is 11.6 Å². The van der Waals surface area contributed by atoms with Crippen molar-refractivity contribution in [3.8, 4) is 0 Å². The Labute approximate surface area is 133 Å². The van der Waals surface area contributed by atoms with Crippen LogP contribution in [0.4, 0.5) is 5.69 Å². The van der Waals surface area contributed by atoms with Gasteiger partial charge in [-0.1, -0.05) is 12.1 Å². The summed E-state index contributed by atoms with van der Waals surface area (Å²) in [7, 11) is 0. The van der Waals surface area contributed by atoms with Gasteiger partial charge in [-0.15, -0.1) is 11.3 Å². The molecule has 108 valence electrons. The van der Waals surface area contributed by atoms with Crippen LogP contribution in [0, 0.1) is 10.1 Å². The Morgan fingerprint density at radius 3 is 2.57 bits per heavy atom. The Morgan fingerprint density at radius 2 is 2.00 bits per heavy atom. The van der Waals surface area contributed by atoms with Crippen LogP contribution >= 0.6 is 27.3 Å². The molecule has 0 radical (unpaired) electrons. The van der Waals surface area contributed by atoms with Crippen molar-refractivity contribution in [2.24, 2.45) is 0 Å². The number of carbonyl (C=O) groups excluding carboxylic acids is 1. The molecule has 5 nitrogen and oxygen atoms in total. The second-order valence-corrected chi connectivity index (χ2v) is 6.61.